The lowest BCUT2D eigenvalue weighted by atomic mass is 10.2. The lowest BCUT2D eigenvalue weighted by molar-refractivity contribution is 0.354. The van der Waals surface area contributed by atoms with Crippen LogP contribution in [0.2, 0.25) is 0 Å². The van der Waals surface area contributed by atoms with Gasteiger partial charge >= 0.3 is 0 Å². The molecule has 114 valence electrons. The number of hydrogen-bond acceptors (Lipinski definition) is 5. The van der Waals surface area contributed by atoms with Gasteiger partial charge in [0.1, 0.15) is 5.52 Å². The van der Waals surface area contributed by atoms with E-state index in [1.54, 1.807) is 14.2 Å². The maximum atomic E-state index is 5.37. The second-order valence-electron chi connectivity index (χ2n) is 5.13. The van der Waals surface area contributed by atoms with Gasteiger partial charge in [0.05, 0.1) is 37.0 Å². The zero-order chi connectivity index (χ0) is 15.9. The zero-order valence-corrected chi connectivity index (χ0v) is 13.3. The second kappa shape index (κ2) is 5.29. The first-order chi connectivity index (χ1) is 10.6. The molecule has 0 aliphatic rings. The molecular formula is C16H18N4O2. The van der Waals surface area contributed by atoms with E-state index >= 15 is 0 Å². The van der Waals surface area contributed by atoms with Crippen LogP contribution in [0.25, 0.3) is 16.6 Å². The van der Waals surface area contributed by atoms with Crippen LogP contribution in [-0.4, -0.2) is 34.2 Å². The molecule has 22 heavy (non-hydrogen) atoms. The zero-order valence-electron chi connectivity index (χ0n) is 13.3. The minimum Gasteiger partial charge on any atom is -0.493 e. The van der Waals surface area contributed by atoms with Crippen LogP contribution in [0.4, 0.5) is 0 Å². The van der Waals surface area contributed by atoms with Crippen molar-refractivity contribution in [3.05, 3.63) is 35.3 Å². The standard InChI is InChI=1S/C16H18N4O2/c1-9-15-11(3)20(19-16(15)10(2)18-17-9)12-6-7-13(21-4)14(8-12)22-5/h6-8H,1-5H3. The summed E-state index contributed by atoms with van der Waals surface area (Å²) >= 11 is 0. The monoisotopic (exact) mass is 298 g/mol. The van der Waals surface area contributed by atoms with E-state index in [2.05, 4.69) is 10.2 Å². The number of aryl methyl sites for hydroxylation is 3. The molecule has 0 saturated heterocycles. The summed E-state index contributed by atoms with van der Waals surface area (Å²) in [4.78, 5) is 0. The van der Waals surface area contributed by atoms with Gasteiger partial charge in [-0.1, -0.05) is 0 Å². The first kappa shape index (κ1) is 14.3. The van der Waals surface area contributed by atoms with Crippen molar-refractivity contribution in [1.82, 2.24) is 20.0 Å². The van der Waals surface area contributed by atoms with Crippen molar-refractivity contribution >= 4 is 10.9 Å². The first-order valence-electron chi connectivity index (χ1n) is 6.98. The van der Waals surface area contributed by atoms with E-state index in [4.69, 9.17) is 14.6 Å². The number of rotatable bonds is 3. The van der Waals surface area contributed by atoms with Crippen molar-refractivity contribution in [2.75, 3.05) is 14.2 Å². The molecule has 3 aromatic rings. The van der Waals surface area contributed by atoms with Crippen molar-refractivity contribution in [3.63, 3.8) is 0 Å². The molecule has 0 bridgehead atoms. The van der Waals surface area contributed by atoms with Gasteiger partial charge in [0, 0.05) is 11.5 Å². The van der Waals surface area contributed by atoms with Gasteiger partial charge in [-0.05, 0) is 32.9 Å². The van der Waals surface area contributed by atoms with E-state index in [9.17, 15) is 0 Å². The van der Waals surface area contributed by atoms with Crippen LogP contribution in [0.5, 0.6) is 11.5 Å². The van der Waals surface area contributed by atoms with Gasteiger partial charge in [-0.2, -0.15) is 15.3 Å². The summed E-state index contributed by atoms with van der Waals surface area (Å²) < 4.78 is 12.5. The van der Waals surface area contributed by atoms with Gasteiger partial charge in [0.2, 0.25) is 0 Å². The molecule has 0 radical (unpaired) electrons. The predicted molar refractivity (Wildman–Crippen MR) is 84.0 cm³/mol. The summed E-state index contributed by atoms with van der Waals surface area (Å²) in [5.41, 5.74) is 4.51. The van der Waals surface area contributed by atoms with Crippen molar-refractivity contribution in [2.24, 2.45) is 0 Å². The molecule has 1 aromatic carbocycles. The number of benzene rings is 1. The van der Waals surface area contributed by atoms with Crippen LogP contribution in [-0.2, 0) is 0 Å². The fourth-order valence-electron chi connectivity index (χ4n) is 2.64. The van der Waals surface area contributed by atoms with Crippen molar-refractivity contribution < 1.29 is 9.47 Å². The fraction of sp³-hybridized carbons (Fsp3) is 0.312. The molecule has 0 fully saturated rings. The number of methoxy groups -OCH3 is 2. The molecule has 0 amide bonds. The summed E-state index contributed by atoms with van der Waals surface area (Å²) in [6.07, 6.45) is 0. The van der Waals surface area contributed by atoms with Crippen LogP contribution in [0.15, 0.2) is 18.2 Å². The maximum absolute atomic E-state index is 5.37. The Morgan fingerprint density at radius 2 is 1.59 bits per heavy atom. The summed E-state index contributed by atoms with van der Waals surface area (Å²) in [6, 6.07) is 5.73. The molecule has 0 N–H and O–H groups in total. The Morgan fingerprint density at radius 3 is 2.23 bits per heavy atom. The highest BCUT2D eigenvalue weighted by molar-refractivity contribution is 5.85. The van der Waals surface area contributed by atoms with E-state index in [1.807, 2.05) is 43.7 Å². The van der Waals surface area contributed by atoms with Gasteiger partial charge in [-0.25, -0.2) is 4.68 Å². The average Bonchev–Trinajstić information content (AvgIpc) is 2.89. The van der Waals surface area contributed by atoms with Crippen molar-refractivity contribution in [3.8, 4) is 17.2 Å². The molecule has 0 saturated carbocycles. The summed E-state index contributed by atoms with van der Waals surface area (Å²) in [5.74, 6) is 1.36. The van der Waals surface area contributed by atoms with Gasteiger partial charge in [0.15, 0.2) is 11.5 Å². The van der Waals surface area contributed by atoms with Gasteiger partial charge in [-0.3, -0.25) is 0 Å². The maximum Gasteiger partial charge on any atom is 0.162 e. The van der Waals surface area contributed by atoms with Crippen LogP contribution in [0.3, 0.4) is 0 Å². The minimum atomic E-state index is 0.670. The molecule has 2 heterocycles. The van der Waals surface area contributed by atoms with E-state index in [1.165, 1.54) is 0 Å². The van der Waals surface area contributed by atoms with Crippen LogP contribution in [0.1, 0.15) is 17.1 Å². The Labute approximate surface area is 128 Å². The Kier molecular flexibility index (Phi) is 3.44. The molecule has 2 aromatic heterocycles. The Balaban J connectivity index is 2.25. The highest BCUT2D eigenvalue weighted by Crippen LogP contribution is 2.31. The van der Waals surface area contributed by atoms with Crippen molar-refractivity contribution in [1.29, 1.82) is 0 Å². The number of nitrogens with zero attached hydrogens (tertiary/aromatic N) is 4. The van der Waals surface area contributed by atoms with Crippen molar-refractivity contribution in [2.45, 2.75) is 20.8 Å². The van der Waals surface area contributed by atoms with Crippen LogP contribution < -0.4 is 9.47 Å². The quantitative estimate of drug-likeness (QED) is 0.744. The molecule has 0 aliphatic carbocycles. The Hall–Kier alpha value is -2.63. The molecule has 3 rings (SSSR count). The molecule has 0 atom stereocenters. The Bertz CT molecular complexity index is 855. The first-order valence-corrected chi connectivity index (χ1v) is 6.98. The normalized spacial score (nSPS) is 11.0. The lowest BCUT2D eigenvalue weighted by Gasteiger charge is -2.10. The Morgan fingerprint density at radius 1 is 0.909 bits per heavy atom. The summed E-state index contributed by atoms with van der Waals surface area (Å²) in [7, 11) is 3.24. The predicted octanol–water partition coefficient (Wildman–Crippen LogP) is 2.76. The molecule has 0 aliphatic heterocycles. The topological polar surface area (TPSA) is 62.1 Å². The number of ether oxygens (including phenoxy) is 2. The van der Waals surface area contributed by atoms with Crippen LogP contribution >= 0.6 is 0 Å². The second-order valence-corrected chi connectivity index (χ2v) is 5.13. The molecule has 0 unspecified atom stereocenters. The largest absolute Gasteiger partial charge is 0.493 e. The van der Waals surface area contributed by atoms with E-state index in [0.717, 1.165) is 33.7 Å². The van der Waals surface area contributed by atoms with Gasteiger partial charge in [-0.15, -0.1) is 0 Å². The lowest BCUT2D eigenvalue weighted by Crippen LogP contribution is -2.00. The van der Waals surface area contributed by atoms with Crippen LogP contribution in [0, 0.1) is 20.8 Å². The highest BCUT2D eigenvalue weighted by Gasteiger charge is 2.16. The molecular weight excluding hydrogens is 280 g/mol. The summed E-state index contributed by atoms with van der Waals surface area (Å²) in [5, 5.41) is 14.1. The molecule has 6 heteroatoms. The third kappa shape index (κ3) is 2.07. The summed E-state index contributed by atoms with van der Waals surface area (Å²) in [6.45, 7) is 5.89. The number of hydrogen-bond donors (Lipinski definition) is 0. The third-order valence-electron chi connectivity index (χ3n) is 3.78. The van der Waals surface area contributed by atoms with E-state index in [0.29, 0.717) is 11.5 Å². The van der Waals surface area contributed by atoms with Gasteiger partial charge < -0.3 is 9.47 Å². The molecule has 6 nitrogen and oxygen atoms in total. The average molecular weight is 298 g/mol. The number of aromatic nitrogens is 4. The van der Waals surface area contributed by atoms with Gasteiger partial charge in [0.25, 0.3) is 0 Å². The number of fused-ring (bicyclic) bond motifs is 1. The fourth-order valence-corrected chi connectivity index (χ4v) is 2.64. The van der Waals surface area contributed by atoms with E-state index < -0.39 is 0 Å². The van der Waals surface area contributed by atoms with E-state index in [-0.39, 0.29) is 0 Å². The SMILES string of the molecule is COc1ccc(-n2nc3c(C)nnc(C)c3c2C)cc1OC. The molecule has 0 spiro atoms. The highest BCUT2D eigenvalue weighted by atomic mass is 16.5. The smallest absolute Gasteiger partial charge is 0.162 e. The minimum absolute atomic E-state index is 0.670. The third-order valence-corrected chi connectivity index (χ3v) is 3.78.